The number of anilines is 1. The molecule has 0 aliphatic heterocycles. The summed E-state index contributed by atoms with van der Waals surface area (Å²) in [5.74, 6) is -0.0948. The Balaban J connectivity index is 1.96. The maximum Gasteiger partial charge on any atom is 0.422 e. The molecule has 1 aromatic heterocycles. The van der Waals surface area contributed by atoms with Crippen LogP contribution in [0.3, 0.4) is 0 Å². The van der Waals surface area contributed by atoms with Crippen LogP contribution in [0.2, 0.25) is 0 Å². The van der Waals surface area contributed by atoms with Crippen molar-refractivity contribution in [3.63, 3.8) is 0 Å². The molecule has 0 unspecified atom stereocenters. The van der Waals surface area contributed by atoms with E-state index in [0.717, 1.165) is 0 Å². The number of halogens is 5. The lowest BCUT2D eigenvalue weighted by Gasteiger charge is -2.13. The lowest BCUT2D eigenvalue weighted by Crippen LogP contribution is -2.19. The van der Waals surface area contributed by atoms with Crippen molar-refractivity contribution in [1.82, 2.24) is 4.98 Å². The van der Waals surface area contributed by atoms with Crippen molar-refractivity contribution in [3.8, 4) is 17.4 Å². The van der Waals surface area contributed by atoms with Gasteiger partial charge < -0.3 is 19.5 Å². The summed E-state index contributed by atoms with van der Waals surface area (Å²) in [6.07, 6.45) is -3.14. The van der Waals surface area contributed by atoms with E-state index < -0.39 is 19.4 Å². The molecule has 0 atom stereocenters. The number of rotatable bonds is 8. The zero-order chi connectivity index (χ0) is 19.2. The highest BCUT2D eigenvalue weighted by Crippen LogP contribution is 2.29. The minimum atomic E-state index is -4.44. The minimum absolute atomic E-state index is 0.101. The Kier molecular flexibility index (Phi) is 6.42. The van der Waals surface area contributed by atoms with Gasteiger partial charge in [0, 0.05) is 12.6 Å². The number of methoxy groups -OCH3 is 1. The Bertz CT molecular complexity index is 708. The molecule has 2 rings (SSSR count). The van der Waals surface area contributed by atoms with Crippen LogP contribution < -0.4 is 19.5 Å². The van der Waals surface area contributed by atoms with E-state index in [4.69, 9.17) is 4.74 Å². The zero-order valence-electron chi connectivity index (χ0n) is 13.5. The summed E-state index contributed by atoms with van der Waals surface area (Å²) in [5.41, 5.74) is 1.13. The van der Waals surface area contributed by atoms with Crippen LogP contribution in [-0.4, -0.2) is 31.5 Å². The molecule has 0 bridgehead atoms. The quantitative estimate of drug-likeness (QED) is 0.697. The fraction of sp³-hybridized carbons (Fsp3) is 0.312. The Morgan fingerprint density at radius 2 is 1.88 bits per heavy atom. The second-order valence-corrected chi connectivity index (χ2v) is 5.01. The predicted octanol–water partition coefficient (Wildman–Crippen LogP) is 4.24. The van der Waals surface area contributed by atoms with E-state index in [1.54, 1.807) is 6.07 Å². The molecule has 1 heterocycles. The highest BCUT2D eigenvalue weighted by atomic mass is 19.4. The van der Waals surface area contributed by atoms with Crippen LogP contribution in [-0.2, 0) is 6.54 Å². The number of pyridine rings is 1. The fourth-order valence-electron chi connectivity index (χ4n) is 1.95. The maximum atomic E-state index is 12.4. The van der Waals surface area contributed by atoms with Crippen LogP contribution in [0.1, 0.15) is 5.56 Å². The van der Waals surface area contributed by atoms with Crippen molar-refractivity contribution in [2.24, 2.45) is 0 Å². The summed E-state index contributed by atoms with van der Waals surface area (Å²) in [4.78, 5) is 3.75. The molecule has 10 heteroatoms. The highest BCUT2D eigenvalue weighted by molar-refractivity contribution is 5.46. The Morgan fingerprint density at radius 1 is 1.12 bits per heavy atom. The van der Waals surface area contributed by atoms with E-state index in [9.17, 15) is 22.0 Å². The summed E-state index contributed by atoms with van der Waals surface area (Å²) in [5, 5.41) is 2.95. The third-order valence-electron chi connectivity index (χ3n) is 3.06. The second-order valence-electron chi connectivity index (χ2n) is 5.01. The Morgan fingerprint density at radius 3 is 2.46 bits per heavy atom. The smallest absolute Gasteiger partial charge is 0.422 e. The van der Waals surface area contributed by atoms with Gasteiger partial charge >= 0.3 is 12.8 Å². The van der Waals surface area contributed by atoms with Crippen molar-refractivity contribution < 1.29 is 36.2 Å². The first-order valence-corrected chi connectivity index (χ1v) is 7.28. The van der Waals surface area contributed by atoms with Gasteiger partial charge in [-0.2, -0.15) is 22.0 Å². The predicted molar refractivity (Wildman–Crippen MR) is 82.7 cm³/mol. The van der Waals surface area contributed by atoms with E-state index >= 15 is 0 Å². The average Bonchev–Trinajstić information content (AvgIpc) is 2.58. The standard InChI is InChI=1S/C16H15F5N2O3/c1-24-12-4-2-10(6-13(12)26-15(17)18)7-22-11-3-5-14(23-8-11)25-9-16(19,20)21/h2-6,8,15,22H,7,9H2,1H3. The van der Waals surface area contributed by atoms with Gasteiger partial charge in [0.1, 0.15) is 0 Å². The van der Waals surface area contributed by atoms with Gasteiger partial charge in [0.2, 0.25) is 5.88 Å². The van der Waals surface area contributed by atoms with Crippen LogP contribution in [0.5, 0.6) is 17.4 Å². The number of nitrogens with zero attached hydrogens (tertiary/aromatic N) is 1. The number of nitrogens with one attached hydrogen (secondary N) is 1. The molecule has 1 N–H and O–H groups in total. The van der Waals surface area contributed by atoms with Crippen molar-refractivity contribution in [2.75, 3.05) is 19.0 Å². The average molecular weight is 378 g/mol. The molecule has 0 amide bonds. The molecule has 0 spiro atoms. The van der Waals surface area contributed by atoms with E-state index in [2.05, 4.69) is 19.8 Å². The molecule has 2 aromatic rings. The zero-order valence-corrected chi connectivity index (χ0v) is 13.5. The third kappa shape index (κ3) is 6.26. The van der Waals surface area contributed by atoms with Gasteiger partial charge in [0.25, 0.3) is 0 Å². The van der Waals surface area contributed by atoms with Crippen LogP contribution >= 0.6 is 0 Å². The molecular weight excluding hydrogens is 363 g/mol. The molecule has 0 aliphatic rings. The van der Waals surface area contributed by atoms with Crippen LogP contribution in [0.25, 0.3) is 0 Å². The van der Waals surface area contributed by atoms with E-state index in [1.807, 2.05) is 0 Å². The number of hydrogen-bond acceptors (Lipinski definition) is 5. The monoisotopic (exact) mass is 378 g/mol. The molecule has 0 fully saturated rings. The number of alkyl halides is 5. The lowest BCUT2D eigenvalue weighted by atomic mass is 10.2. The topological polar surface area (TPSA) is 52.6 Å². The lowest BCUT2D eigenvalue weighted by molar-refractivity contribution is -0.154. The van der Waals surface area contributed by atoms with Gasteiger partial charge in [0.15, 0.2) is 18.1 Å². The summed E-state index contributed by atoms with van der Waals surface area (Å²) in [7, 11) is 1.33. The van der Waals surface area contributed by atoms with Gasteiger partial charge in [-0.25, -0.2) is 4.98 Å². The van der Waals surface area contributed by atoms with E-state index in [1.165, 1.54) is 37.6 Å². The van der Waals surface area contributed by atoms with Crippen molar-refractivity contribution in [1.29, 1.82) is 0 Å². The summed E-state index contributed by atoms with van der Waals surface area (Å²) in [6.45, 7) is -4.17. The van der Waals surface area contributed by atoms with Crippen molar-refractivity contribution in [2.45, 2.75) is 19.3 Å². The van der Waals surface area contributed by atoms with E-state index in [0.29, 0.717) is 11.3 Å². The largest absolute Gasteiger partial charge is 0.493 e. The highest BCUT2D eigenvalue weighted by Gasteiger charge is 2.28. The molecule has 0 saturated carbocycles. The molecule has 5 nitrogen and oxygen atoms in total. The van der Waals surface area contributed by atoms with Crippen LogP contribution in [0, 0.1) is 0 Å². The number of benzene rings is 1. The SMILES string of the molecule is COc1ccc(CNc2ccc(OCC(F)(F)F)nc2)cc1OC(F)F. The molecule has 142 valence electrons. The van der Waals surface area contributed by atoms with Crippen molar-refractivity contribution in [3.05, 3.63) is 42.1 Å². The van der Waals surface area contributed by atoms with Gasteiger partial charge in [-0.05, 0) is 23.8 Å². The third-order valence-corrected chi connectivity index (χ3v) is 3.06. The molecule has 0 saturated heterocycles. The van der Waals surface area contributed by atoms with Gasteiger partial charge in [-0.1, -0.05) is 6.07 Å². The van der Waals surface area contributed by atoms with Crippen LogP contribution in [0.4, 0.5) is 27.6 Å². The number of aromatic nitrogens is 1. The molecule has 26 heavy (non-hydrogen) atoms. The molecule has 0 aliphatic carbocycles. The van der Waals surface area contributed by atoms with Gasteiger partial charge in [-0.3, -0.25) is 0 Å². The summed E-state index contributed by atoms with van der Waals surface area (Å²) >= 11 is 0. The minimum Gasteiger partial charge on any atom is -0.493 e. The second kappa shape index (κ2) is 8.54. The number of hydrogen-bond donors (Lipinski definition) is 1. The normalized spacial score (nSPS) is 11.3. The number of ether oxygens (including phenoxy) is 3. The maximum absolute atomic E-state index is 12.4. The first-order chi connectivity index (χ1) is 12.3. The molecule has 1 aromatic carbocycles. The first-order valence-electron chi connectivity index (χ1n) is 7.28. The molecular formula is C16H15F5N2O3. The van der Waals surface area contributed by atoms with Crippen molar-refractivity contribution >= 4 is 5.69 Å². The summed E-state index contributed by atoms with van der Waals surface area (Å²) in [6, 6.07) is 7.30. The first kappa shape index (κ1) is 19.5. The Labute approximate surface area is 145 Å². The molecule has 0 radical (unpaired) electrons. The van der Waals surface area contributed by atoms with E-state index in [-0.39, 0.29) is 23.9 Å². The summed E-state index contributed by atoms with van der Waals surface area (Å²) < 4.78 is 74.8. The van der Waals surface area contributed by atoms with Gasteiger partial charge in [-0.15, -0.1) is 0 Å². The fourth-order valence-corrected chi connectivity index (χ4v) is 1.95. The van der Waals surface area contributed by atoms with Gasteiger partial charge in [0.05, 0.1) is 19.0 Å². The Hall–Kier alpha value is -2.78. The van der Waals surface area contributed by atoms with Crippen LogP contribution in [0.15, 0.2) is 36.5 Å².